The zero-order chi connectivity index (χ0) is 15.0. The maximum absolute atomic E-state index is 9.23. The molecule has 0 aliphatic rings. The van der Waals surface area contributed by atoms with Gasteiger partial charge in [-0.3, -0.25) is 5.10 Å². The van der Waals surface area contributed by atoms with Gasteiger partial charge < -0.3 is 16.2 Å². The van der Waals surface area contributed by atoms with Crippen molar-refractivity contribution in [1.82, 2.24) is 15.2 Å². The van der Waals surface area contributed by atoms with Gasteiger partial charge in [-0.1, -0.05) is 0 Å². The largest absolute Gasteiger partial charge is 0.394 e. The van der Waals surface area contributed by atoms with Gasteiger partial charge in [0.15, 0.2) is 0 Å². The van der Waals surface area contributed by atoms with Gasteiger partial charge in [0.05, 0.1) is 33.1 Å². The monoisotopic (exact) mass is 303 g/mol. The molecule has 0 radical (unpaired) electrons. The summed E-state index contributed by atoms with van der Waals surface area (Å²) in [5.41, 5.74) is 9.74. The molecular formula is C14H17N5OS. The minimum Gasteiger partial charge on any atom is -0.394 e. The van der Waals surface area contributed by atoms with Crippen LogP contribution in [0.25, 0.3) is 20.8 Å². The fraction of sp³-hybridized carbons (Fsp3) is 0.286. The van der Waals surface area contributed by atoms with Gasteiger partial charge in [0, 0.05) is 18.3 Å². The van der Waals surface area contributed by atoms with Gasteiger partial charge in [-0.15, -0.1) is 11.3 Å². The predicted octanol–water partition coefficient (Wildman–Crippen LogP) is 2.37. The van der Waals surface area contributed by atoms with Crippen molar-refractivity contribution in [2.45, 2.75) is 19.9 Å². The summed E-state index contributed by atoms with van der Waals surface area (Å²) in [6, 6.07) is 3.69. The molecule has 3 heterocycles. The number of nitrogens with zero attached hydrogens (tertiary/aromatic N) is 2. The van der Waals surface area contributed by atoms with Gasteiger partial charge >= 0.3 is 0 Å². The average molecular weight is 303 g/mol. The number of thiophene rings is 1. The summed E-state index contributed by atoms with van der Waals surface area (Å²) in [7, 11) is 0. The van der Waals surface area contributed by atoms with E-state index in [2.05, 4.69) is 20.5 Å². The zero-order valence-electron chi connectivity index (χ0n) is 11.8. The second kappa shape index (κ2) is 5.34. The lowest BCUT2D eigenvalue weighted by Crippen LogP contribution is -2.19. The number of aliphatic hydroxyl groups excluding tert-OH is 1. The molecule has 7 heteroatoms. The van der Waals surface area contributed by atoms with Crippen molar-refractivity contribution < 1.29 is 5.11 Å². The van der Waals surface area contributed by atoms with Crippen LogP contribution in [0.5, 0.6) is 0 Å². The normalized spacial score (nSPS) is 12.7. The summed E-state index contributed by atoms with van der Waals surface area (Å²) in [4.78, 5) is 5.55. The van der Waals surface area contributed by atoms with E-state index in [1.807, 2.05) is 19.9 Å². The number of nitrogens with two attached hydrogens (primary N) is 1. The summed E-state index contributed by atoms with van der Waals surface area (Å²) in [6.45, 7) is 4.00. The van der Waals surface area contributed by atoms with Crippen molar-refractivity contribution in [3.05, 3.63) is 23.9 Å². The van der Waals surface area contributed by atoms with Crippen molar-refractivity contribution in [3.63, 3.8) is 0 Å². The quantitative estimate of drug-likeness (QED) is 0.593. The lowest BCUT2D eigenvalue weighted by molar-refractivity contribution is 0.281. The summed E-state index contributed by atoms with van der Waals surface area (Å²) in [5.74, 6) is 0.465. The number of aliphatic hydroxyl groups is 1. The fourth-order valence-electron chi connectivity index (χ4n) is 2.25. The second-order valence-electron chi connectivity index (χ2n) is 5.03. The standard InChI is InChI=1S/C14H17N5OS/c1-7(6-20)17-10-5-11(15)18-12-8(2)13(21-14(10)12)9-3-4-16-19-9/h3-5,7,20H,6H2,1-2H3,(H,16,19)(H3,15,17,18)/t7-/m0/s1. The molecule has 0 saturated heterocycles. The molecule has 1 atom stereocenters. The molecular weight excluding hydrogens is 286 g/mol. The lowest BCUT2D eigenvalue weighted by Gasteiger charge is -2.13. The van der Waals surface area contributed by atoms with Crippen LogP contribution in [0.3, 0.4) is 0 Å². The number of H-pyrrole nitrogens is 1. The van der Waals surface area contributed by atoms with Crippen LogP contribution in [-0.2, 0) is 0 Å². The molecule has 0 amide bonds. The van der Waals surface area contributed by atoms with Crippen molar-refractivity contribution in [1.29, 1.82) is 0 Å². The van der Waals surface area contributed by atoms with E-state index in [9.17, 15) is 5.11 Å². The average Bonchev–Trinajstić information content (AvgIpc) is 3.08. The number of hydrogen-bond donors (Lipinski definition) is 4. The van der Waals surface area contributed by atoms with Crippen LogP contribution in [0.1, 0.15) is 12.5 Å². The molecule has 0 aliphatic heterocycles. The Bertz CT molecular complexity index is 765. The number of anilines is 2. The molecule has 0 spiro atoms. The molecule has 5 N–H and O–H groups in total. The number of aryl methyl sites for hydroxylation is 1. The SMILES string of the molecule is Cc1c(-c2ccn[nH]2)sc2c(N[C@@H](C)CO)cc(N)nc12. The molecule has 0 fully saturated rings. The number of aromatic amines is 1. The first-order chi connectivity index (χ1) is 10.1. The van der Waals surface area contributed by atoms with Crippen LogP contribution in [0.15, 0.2) is 18.3 Å². The van der Waals surface area contributed by atoms with Gasteiger partial charge in [0.1, 0.15) is 5.82 Å². The minimum absolute atomic E-state index is 0.0481. The molecule has 0 aromatic carbocycles. The Morgan fingerprint density at radius 3 is 3.00 bits per heavy atom. The first kappa shape index (κ1) is 13.8. The molecule has 6 nitrogen and oxygen atoms in total. The van der Waals surface area contributed by atoms with Crippen molar-refractivity contribution in [2.24, 2.45) is 0 Å². The highest BCUT2D eigenvalue weighted by Gasteiger charge is 2.17. The Balaban J connectivity index is 2.18. The van der Waals surface area contributed by atoms with E-state index in [0.29, 0.717) is 5.82 Å². The predicted molar refractivity (Wildman–Crippen MR) is 86.5 cm³/mol. The Morgan fingerprint density at radius 1 is 1.52 bits per heavy atom. The Kier molecular flexibility index (Phi) is 3.52. The fourth-order valence-corrected chi connectivity index (χ4v) is 3.46. The van der Waals surface area contributed by atoms with Crippen LogP contribution in [0.2, 0.25) is 0 Å². The van der Waals surface area contributed by atoms with E-state index >= 15 is 0 Å². The number of nitrogens with one attached hydrogen (secondary N) is 2. The first-order valence-corrected chi connectivity index (χ1v) is 7.48. The number of fused-ring (bicyclic) bond motifs is 1. The second-order valence-corrected chi connectivity index (χ2v) is 6.05. The molecule has 3 rings (SSSR count). The highest BCUT2D eigenvalue weighted by Crippen LogP contribution is 2.40. The Hall–Kier alpha value is -2.12. The van der Waals surface area contributed by atoms with E-state index in [0.717, 1.165) is 32.0 Å². The Morgan fingerprint density at radius 2 is 2.33 bits per heavy atom. The van der Waals surface area contributed by atoms with Crippen LogP contribution >= 0.6 is 11.3 Å². The smallest absolute Gasteiger partial charge is 0.126 e. The van der Waals surface area contributed by atoms with Crippen LogP contribution in [0.4, 0.5) is 11.5 Å². The van der Waals surface area contributed by atoms with Gasteiger partial charge in [0.25, 0.3) is 0 Å². The summed E-state index contributed by atoms with van der Waals surface area (Å²) < 4.78 is 1.03. The van der Waals surface area contributed by atoms with Crippen LogP contribution in [-0.4, -0.2) is 32.9 Å². The molecule has 0 saturated carbocycles. The molecule has 3 aromatic rings. The van der Waals surface area contributed by atoms with Crippen molar-refractivity contribution >= 4 is 33.1 Å². The number of aromatic nitrogens is 3. The third kappa shape index (κ3) is 2.45. The molecule has 0 unspecified atom stereocenters. The highest BCUT2D eigenvalue weighted by molar-refractivity contribution is 7.23. The zero-order valence-corrected chi connectivity index (χ0v) is 12.7. The minimum atomic E-state index is -0.0481. The van der Waals surface area contributed by atoms with E-state index in [4.69, 9.17) is 5.73 Å². The summed E-state index contributed by atoms with van der Waals surface area (Å²) >= 11 is 1.64. The van der Waals surface area contributed by atoms with Crippen molar-refractivity contribution in [2.75, 3.05) is 17.7 Å². The van der Waals surface area contributed by atoms with E-state index in [-0.39, 0.29) is 12.6 Å². The molecule has 3 aromatic heterocycles. The van der Waals surface area contributed by atoms with Gasteiger partial charge in [0.2, 0.25) is 0 Å². The van der Waals surface area contributed by atoms with Crippen LogP contribution in [0, 0.1) is 6.92 Å². The third-order valence-corrected chi connectivity index (χ3v) is 4.66. The van der Waals surface area contributed by atoms with E-state index < -0.39 is 0 Å². The molecule has 21 heavy (non-hydrogen) atoms. The van der Waals surface area contributed by atoms with Gasteiger partial charge in [-0.25, -0.2) is 4.98 Å². The maximum atomic E-state index is 9.23. The van der Waals surface area contributed by atoms with Crippen molar-refractivity contribution in [3.8, 4) is 10.6 Å². The maximum Gasteiger partial charge on any atom is 0.126 e. The number of nitrogen functional groups attached to an aromatic ring is 1. The van der Waals surface area contributed by atoms with Crippen LogP contribution < -0.4 is 11.1 Å². The molecule has 0 bridgehead atoms. The summed E-state index contributed by atoms with van der Waals surface area (Å²) in [5, 5.41) is 19.5. The molecule has 0 aliphatic carbocycles. The van der Waals surface area contributed by atoms with Gasteiger partial charge in [-0.2, -0.15) is 5.10 Å². The summed E-state index contributed by atoms with van der Waals surface area (Å²) in [6.07, 6.45) is 1.73. The Labute approximate surface area is 126 Å². The first-order valence-electron chi connectivity index (χ1n) is 6.67. The molecule has 110 valence electrons. The topological polar surface area (TPSA) is 99.8 Å². The number of hydrogen-bond acceptors (Lipinski definition) is 6. The third-order valence-electron chi connectivity index (χ3n) is 3.31. The number of rotatable bonds is 4. The lowest BCUT2D eigenvalue weighted by atomic mass is 10.2. The van der Waals surface area contributed by atoms with E-state index in [1.165, 1.54) is 0 Å². The number of pyridine rings is 1. The van der Waals surface area contributed by atoms with E-state index in [1.54, 1.807) is 23.6 Å². The van der Waals surface area contributed by atoms with Gasteiger partial charge in [-0.05, 0) is 25.5 Å². The highest BCUT2D eigenvalue weighted by atomic mass is 32.1.